The monoisotopic (exact) mass is 364 g/mol. The molecular weight excluding hydrogens is 340 g/mol. The van der Waals surface area contributed by atoms with Crippen molar-refractivity contribution in [2.75, 3.05) is 41.0 Å². The number of nitrogens with zero attached hydrogens (tertiary/aromatic N) is 1. The molecule has 1 rings (SSSR count). The van der Waals surface area contributed by atoms with Crippen LogP contribution in [0.5, 0.6) is 11.5 Å². The first-order valence-corrected chi connectivity index (χ1v) is 7.99. The Kier molecular flexibility index (Phi) is 8.69. The van der Waals surface area contributed by atoms with Gasteiger partial charge in [0.25, 0.3) is 5.91 Å². The van der Waals surface area contributed by atoms with Crippen molar-refractivity contribution in [1.82, 2.24) is 10.2 Å². The minimum atomic E-state index is -0.673. The van der Waals surface area contributed by atoms with Crippen LogP contribution < -0.4 is 14.8 Å². The molecule has 0 saturated carbocycles. The zero-order chi connectivity index (χ0) is 19.5. The van der Waals surface area contributed by atoms with E-state index in [4.69, 9.17) is 14.2 Å². The molecule has 8 heteroatoms. The smallest absolute Gasteiger partial charge is 0.331 e. The van der Waals surface area contributed by atoms with E-state index in [1.807, 2.05) is 6.92 Å². The average molecular weight is 364 g/mol. The van der Waals surface area contributed by atoms with Crippen LogP contribution in [0.4, 0.5) is 0 Å². The summed E-state index contributed by atoms with van der Waals surface area (Å²) in [7, 11) is 4.70. The summed E-state index contributed by atoms with van der Waals surface area (Å²) in [5.74, 6) is -0.321. The number of benzene rings is 1. The number of esters is 1. The zero-order valence-corrected chi connectivity index (χ0v) is 15.4. The van der Waals surface area contributed by atoms with Crippen LogP contribution in [0.1, 0.15) is 12.5 Å². The fraction of sp³-hybridized carbons (Fsp3) is 0.389. The number of likely N-dealkylation sites (N-methyl/N-ethyl adjacent to an activating group) is 1. The van der Waals surface area contributed by atoms with Crippen LogP contribution in [0.25, 0.3) is 6.08 Å². The van der Waals surface area contributed by atoms with Gasteiger partial charge in [0.1, 0.15) is 0 Å². The van der Waals surface area contributed by atoms with Gasteiger partial charge < -0.3 is 24.4 Å². The van der Waals surface area contributed by atoms with Gasteiger partial charge in [-0.1, -0.05) is 6.07 Å². The van der Waals surface area contributed by atoms with Crippen molar-refractivity contribution in [3.05, 3.63) is 29.8 Å². The van der Waals surface area contributed by atoms with Gasteiger partial charge in [-0.3, -0.25) is 9.59 Å². The first-order chi connectivity index (χ1) is 12.4. The van der Waals surface area contributed by atoms with Crippen molar-refractivity contribution in [3.63, 3.8) is 0 Å². The minimum Gasteiger partial charge on any atom is -0.493 e. The number of ether oxygens (including phenoxy) is 3. The second kappa shape index (κ2) is 10.8. The van der Waals surface area contributed by atoms with Crippen molar-refractivity contribution < 1.29 is 28.6 Å². The van der Waals surface area contributed by atoms with Crippen LogP contribution >= 0.6 is 0 Å². The maximum absolute atomic E-state index is 11.7. The summed E-state index contributed by atoms with van der Waals surface area (Å²) in [4.78, 5) is 35.9. The van der Waals surface area contributed by atoms with Gasteiger partial charge in [-0.25, -0.2) is 4.79 Å². The number of carbonyl (C=O) groups is 3. The molecule has 2 amide bonds. The van der Waals surface area contributed by atoms with Gasteiger partial charge in [0, 0.05) is 20.2 Å². The third-order valence-corrected chi connectivity index (χ3v) is 3.18. The fourth-order valence-corrected chi connectivity index (χ4v) is 1.80. The summed E-state index contributed by atoms with van der Waals surface area (Å²) in [5.41, 5.74) is 0.715. The van der Waals surface area contributed by atoms with Crippen LogP contribution in [-0.4, -0.2) is 63.6 Å². The molecule has 0 fully saturated rings. The van der Waals surface area contributed by atoms with Crippen molar-refractivity contribution in [3.8, 4) is 11.5 Å². The minimum absolute atomic E-state index is 0.148. The lowest BCUT2D eigenvalue weighted by Crippen LogP contribution is -2.38. The van der Waals surface area contributed by atoms with Crippen molar-refractivity contribution in [2.24, 2.45) is 0 Å². The summed E-state index contributed by atoms with van der Waals surface area (Å²) >= 11 is 0. The molecule has 0 radical (unpaired) electrons. The first-order valence-electron chi connectivity index (χ1n) is 7.99. The number of hydrogen-bond acceptors (Lipinski definition) is 6. The summed E-state index contributed by atoms with van der Waals surface area (Å²) in [6, 6.07) is 5.21. The van der Waals surface area contributed by atoms with E-state index in [0.717, 1.165) is 0 Å². The molecular formula is C18H24N2O6. The molecule has 8 nitrogen and oxygen atoms in total. The molecule has 0 bridgehead atoms. The highest BCUT2D eigenvalue weighted by atomic mass is 16.5. The number of amides is 2. The topological polar surface area (TPSA) is 94.2 Å². The lowest BCUT2D eigenvalue weighted by molar-refractivity contribution is -0.144. The Hall–Kier alpha value is -3.03. The fourth-order valence-electron chi connectivity index (χ4n) is 1.80. The van der Waals surface area contributed by atoms with Gasteiger partial charge >= 0.3 is 5.97 Å². The lowest BCUT2D eigenvalue weighted by atomic mass is 10.2. The maximum Gasteiger partial charge on any atom is 0.331 e. The Labute approximate surface area is 152 Å². The number of nitrogens with one attached hydrogen (secondary N) is 1. The largest absolute Gasteiger partial charge is 0.493 e. The Morgan fingerprint density at radius 1 is 1.19 bits per heavy atom. The first kappa shape index (κ1) is 21.0. The second-order valence-electron chi connectivity index (χ2n) is 5.35. The predicted octanol–water partition coefficient (Wildman–Crippen LogP) is 0.855. The summed E-state index contributed by atoms with van der Waals surface area (Å²) in [6.07, 6.45) is 2.74. The molecule has 0 aromatic heterocycles. The van der Waals surface area contributed by atoms with Crippen molar-refractivity contribution >= 4 is 23.9 Å². The van der Waals surface area contributed by atoms with Crippen LogP contribution in [-0.2, 0) is 19.1 Å². The number of hydrogen-bond donors (Lipinski definition) is 1. The average Bonchev–Trinajstić information content (AvgIpc) is 2.62. The molecule has 0 aliphatic rings. The molecule has 0 atom stereocenters. The van der Waals surface area contributed by atoms with Crippen LogP contribution in [0.2, 0.25) is 0 Å². The van der Waals surface area contributed by atoms with Gasteiger partial charge in [0.15, 0.2) is 18.1 Å². The quantitative estimate of drug-likeness (QED) is 0.516. The summed E-state index contributed by atoms with van der Waals surface area (Å²) in [5, 5.41) is 2.37. The molecule has 1 aromatic rings. The van der Waals surface area contributed by atoms with Gasteiger partial charge in [-0.05, 0) is 30.7 Å². The summed E-state index contributed by atoms with van der Waals surface area (Å²) in [6.45, 7) is 1.73. The van der Waals surface area contributed by atoms with E-state index in [2.05, 4.69) is 5.32 Å². The SMILES string of the molecule is CCOc1cc(/C=C/C(=O)OCC(=O)NCC(=O)N(C)C)ccc1OC. The Morgan fingerprint density at radius 3 is 2.54 bits per heavy atom. The predicted molar refractivity (Wildman–Crippen MR) is 95.9 cm³/mol. The number of carbonyl (C=O) groups excluding carboxylic acids is 3. The van der Waals surface area contributed by atoms with E-state index in [1.165, 1.54) is 17.1 Å². The zero-order valence-electron chi connectivity index (χ0n) is 15.4. The van der Waals surface area contributed by atoms with E-state index in [0.29, 0.717) is 23.7 Å². The van der Waals surface area contributed by atoms with Crippen molar-refractivity contribution in [2.45, 2.75) is 6.92 Å². The molecule has 0 saturated heterocycles. The Bertz CT molecular complexity index is 670. The van der Waals surface area contributed by atoms with E-state index in [9.17, 15) is 14.4 Å². The van der Waals surface area contributed by atoms with Gasteiger partial charge in [0.2, 0.25) is 5.91 Å². The second-order valence-corrected chi connectivity index (χ2v) is 5.35. The molecule has 0 heterocycles. The third kappa shape index (κ3) is 7.25. The highest BCUT2D eigenvalue weighted by Gasteiger charge is 2.09. The van der Waals surface area contributed by atoms with E-state index >= 15 is 0 Å². The van der Waals surface area contributed by atoms with Crippen LogP contribution in [0.15, 0.2) is 24.3 Å². The molecule has 1 aromatic carbocycles. The maximum atomic E-state index is 11.7. The highest BCUT2D eigenvalue weighted by Crippen LogP contribution is 2.28. The van der Waals surface area contributed by atoms with Crippen LogP contribution in [0.3, 0.4) is 0 Å². The third-order valence-electron chi connectivity index (χ3n) is 3.18. The molecule has 1 N–H and O–H groups in total. The van der Waals surface area contributed by atoms with Crippen LogP contribution in [0, 0.1) is 0 Å². The van der Waals surface area contributed by atoms with Crippen molar-refractivity contribution in [1.29, 1.82) is 0 Å². The molecule has 0 aliphatic carbocycles. The molecule has 0 unspecified atom stereocenters. The van der Waals surface area contributed by atoms with E-state index in [-0.39, 0.29) is 12.5 Å². The molecule has 0 aliphatic heterocycles. The lowest BCUT2D eigenvalue weighted by Gasteiger charge is -2.10. The summed E-state index contributed by atoms with van der Waals surface area (Å²) < 4.78 is 15.5. The Morgan fingerprint density at radius 2 is 1.92 bits per heavy atom. The molecule has 26 heavy (non-hydrogen) atoms. The standard InChI is InChI=1S/C18H24N2O6/c1-5-25-15-10-13(6-8-14(15)24-4)7-9-18(23)26-12-16(21)19-11-17(22)20(2)3/h6-10H,5,11-12H2,1-4H3,(H,19,21)/b9-7+. The van der Waals surface area contributed by atoms with E-state index in [1.54, 1.807) is 39.4 Å². The number of methoxy groups -OCH3 is 1. The Balaban J connectivity index is 2.51. The normalized spacial score (nSPS) is 10.3. The van der Waals surface area contributed by atoms with Gasteiger partial charge in [0.05, 0.1) is 20.3 Å². The molecule has 142 valence electrons. The van der Waals surface area contributed by atoms with Gasteiger partial charge in [-0.2, -0.15) is 0 Å². The highest BCUT2D eigenvalue weighted by molar-refractivity contribution is 5.90. The van der Waals surface area contributed by atoms with Gasteiger partial charge in [-0.15, -0.1) is 0 Å². The molecule has 0 spiro atoms. The van der Waals surface area contributed by atoms with E-state index < -0.39 is 18.5 Å². The number of rotatable bonds is 9.